The van der Waals surface area contributed by atoms with Crippen LogP contribution < -0.4 is 10.1 Å². The summed E-state index contributed by atoms with van der Waals surface area (Å²) < 4.78 is 6.73. The zero-order valence-corrected chi connectivity index (χ0v) is 14.5. The van der Waals surface area contributed by atoms with E-state index in [1.807, 2.05) is 12.1 Å². The molecule has 0 saturated heterocycles. The first-order valence-corrected chi connectivity index (χ1v) is 8.24. The summed E-state index contributed by atoms with van der Waals surface area (Å²) in [7, 11) is 0. The SMILES string of the molecule is Cc1ccc(Br)c(NC2CCOc3c(Cl)cc(Cl)cc32)c1. The Kier molecular flexibility index (Phi) is 4.34. The fraction of sp³-hybridized carbons (Fsp3) is 0.250. The fourth-order valence-electron chi connectivity index (χ4n) is 2.51. The van der Waals surface area contributed by atoms with E-state index in [-0.39, 0.29) is 6.04 Å². The van der Waals surface area contributed by atoms with Crippen LogP contribution in [-0.2, 0) is 0 Å². The first-order valence-electron chi connectivity index (χ1n) is 6.69. The van der Waals surface area contributed by atoms with Gasteiger partial charge in [0, 0.05) is 27.2 Å². The molecule has 1 atom stereocenters. The van der Waals surface area contributed by atoms with Gasteiger partial charge in [-0.25, -0.2) is 0 Å². The average molecular weight is 387 g/mol. The molecule has 2 nitrogen and oxygen atoms in total. The highest BCUT2D eigenvalue weighted by atomic mass is 79.9. The van der Waals surface area contributed by atoms with Crippen LogP contribution >= 0.6 is 39.1 Å². The Balaban J connectivity index is 1.97. The van der Waals surface area contributed by atoms with Crippen LogP contribution in [-0.4, -0.2) is 6.61 Å². The highest BCUT2D eigenvalue weighted by molar-refractivity contribution is 9.10. The van der Waals surface area contributed by atoms with E-state index in [1.54, 1.807) is 6.07 Å². The molecule has 110 valence electrons. The molecule has 1 unspecified atom stereocenters. The number of fused-ring (bicyclic) bond motifs is 1. The van der Waals surface area contributed by atoms with E-state index in [9.17, 15) is 0 Å². The van der Waals surface area contributed by atoms with Crippen molar-refractivity contribution < 1.29 is 4.74 Å². The van der Waals surface area contributed by atoms with Gasteiger partial charge in [0.1, 0.15) is 5.75 Å². The molecule has 0 saturated carbocycles. The molecule has 1 N–H and O–H groups in total. The highest BCUT2D eigenvalue weighted by Gasteiger charge is 2.24. The van der Waals surface area contributed by atoms with Gasteiger partial charge in [-0.2, -0.15) is 0 Å². The number of nitrogens with one attached hydrogen (secondary N) is 1. The molecule has 0 amide bonds. The summed E-state index contributed by atoms with van der Waals surface area (Å²) in [5.74, 6) is 0.730. The third-order valence-corrected chi connectivity index (χ3v) is 4.71. The molecule has 1 heterocycles. The standard InChI is InChI=1S/C16H14BrCl2NO/c1-9-2-3-12(17)15(6-9)20-14-4-5-21-16-11(14)7-10(18)8-13(16)19/h2-3,6-8,14,20H,4-5H2,1H3. The molecule has 5 heteroatoms. The van der Waals surface area contributed by atoms with Crippen molar-refractivity contribution in [1.29, 1.82) is 0 Å². The molecule has 0 aromatic heterocycles. The van der Waals surface area contributed by atoms with E-state index in [0.29, 0.717) is 16.7 Å². The summed E-state index contributed by atoms with van der Waals surface area (Å²) in [6.45, 7) is 2.71. The monoisotopic (exact) mass is 385 g/mol. The number of benzene rings is 2. The van der Waals surface area contributed by atoms with Crippen LogP contribution in [0.25, 0.3) is 0 Å². The Morgan fingerprint density at radius 2 is 2.05 bits per heavy atom. The number of halogens is 3. The van der Waals surface area contributed by atoms with Crippen LogP contribution in [0.15, 0.2) is 34.8 Å². The largest absolute Gasteiger partial charge is 0.492 e. The van der Waals surface area contributed by atoms with E-state index < -0.39 is 0 Å². The van der Waals surface area contributed by atoms with Crippen LogP contribution in [0.5, 0.6) is 5.75 Å². The minimum atomic E-state index is 0.128. The molecule has 3 rings (SSSR count). The predicted octanol–water partition coefficient (Wildman–Crippen LogP) is 6.00. The van der Waals surface area contributed by atoms with Gasteiger partial charge < -0.3 is 10.1 Å². The smallest absolute Gasteiger partial charge is 0.143 e. The summed E-state index contributed by atoms with van der Waals surface area (Å²) in [5, 5.41) is 4.74. The van der Waals surface area contributed by atoms with Crippen molar-refractivity contribution in [2.24, 2.45) is 0 Å². The lowest BCUT2D eigenvalue weighted by atomic mass is 10.00. The Morgan fingerprint density at radius 3 is 2.86 bits per heavy atom. The van der Waals surface area contributed by atoms with Gasteiger partial charge in [-0.3, -0.25) is 0 Å². The van der Waals surface area contributed by atoms with Gasteiger partial charge in [0.25, 0.3) is 0 Å². The summed E-state index contributed by atoms with van der Waals surface area (Å²) in [6.07, 6.45) is 0.865. The first-order chi connectivity index (χ1) is 10.0. The predicted molar refractivity (Wildman–Crippen MR) is 91.8 cm³/mol. The number of ether oxygens (including phenoxy) is 1. The Labute approximate surface area is 142 Å². The fourth-order valence-corrected chi connectivity index (χ4v) is 3.44. The molecule has 2 aromatic rings. The van der Waals surface area contributed by atoms with Gasteiger partial charge in [-0.15, -0.1) is 0 Å². The maximum atomic E-state index is 6.23. The van der Waals surface area contributed by atoms with Gasteiger partial charge in [-0.1, -0.05) is 29.3 Å². The average Bonchev–Trinajstić information content (AvgIpc) is 2.43. The highest BCUT2D eigenvalue weighted by Crippen LogP contribution is 2.41. The van der Waals surface area contributed by atoms with Crippen molar-refractivity contribution >= 4 is 44.8 Å². The van der Waals surface area contributed by atoms with Gasteiger partial charge in [0.05, 0.1) is 17.7 Å². The molecule has 0 fully saturated rings. The number of hydrogen-bond donors (Lipinski definition) is 1. The molecule has 1 aliphatic heterocycles. The number of anilines is 1. The maximum absolute atomic E-state index is 6.23. The summed E-state index contributed by atoms with van der Waals surface area (Å²) in [5.41, 5.74) is 3.27. The Hall–Kier alpha value is -0.900. The lowest BCUT2D eigenvalue weighted by molar-refractivity contribution is 0.274. The molecular formula is C16H14BrCl2NO. The van der Waals surface area contributed by atoms with E-state index >= 15 is 0 Å². The van der Waals surface area contributed by atoms with Gasteiger partial charge in [-0.05, 0) is 52.7 Å². The normalized spacial score (nSPS) is 17.0. The minimum absolute atomic E-state index is 0.128. The van der Waals surface area contributed by atoms with Crippen molar-refractivity contribution in [1.82, 2.24) is 0 Å². The lowest BCUT2D eigenvalue weighted by Crippen LogP contribution is -2.21. The second-order valence-electron chi connectivity index (χ2n) is 5.12. The van der Waals surface area contributed by atoms with E-state index in [2.05, 4.69) is 40.3 Å². The summed E-state index contributed by atoms with van der Waals surface area (Å²) in [4.78, 5) is 0. The van der Waals surface area contributed by atoms with Gasteiger partial charge in [0.2, 0.25) is 0 Å². The van der Waals surface area contributed by atoms with Crippen molar-refractivity contribution in [3.8, 4) is 5.75 Å². The van der Waals surface area contributed by atoms with Crippen molar-refractivity contribution in [2.45, 2.75) is 19.4 Å². The second kappa shape index (κ2) is 6.07. The van der Waals surface area contributed by atoms with Crippen LogP contribution in [0, 0.1) is 6.92 Å². The van der Waals surface area contributed by atoms with Crippen molar-refractivity contribution in [3.05, 3.63) is 56.0 Å². The van der Waals surface area contributed by atoms with Crippen LogP contribution in [0.4, 0.5) is 5.69 Å². The quantitative estimate of drug-likeness (QED) is 0.683. The van der Waals surface area contributed by atoms with E-state index in [4.69, 9.17) is 27.9 Å². The zero-order valence-electron chi connectivity index (χ0n) is 11.4. The van der Waals surface area contributed by atoms with Crippen molar-refractivity contribution in [2.75, 3.05) is 11.9 Å². The molecule has 21 heavy (non-hydrogen) atoms. The molecule has 0 radical (unpaired) electrons. The third-order valence-electron chi connectivity index (χ3n) is 3.52. The number of aryl methyl sites for hydroxylation is 1. The Bertz CT molecular complexity index is 690. The first kappa shape index (κ1) is 15.0. The third kappa shape index (κ3) is 3.15. The number of rotatable bonds is 2. The molecule has 0 aliphatic carbocycles. The maximum Gasteiger partial charge on any atom is 0.143 e. The molecule has 0 bridgehead atoms. The molecular weight excluding hydrogens is 373 g/mol. The topological polar surface area (TPSA) is 21.3 Å². The van der Waals surface area contributed by atoms with Crippen LogP contribution in [0.2, 0.25) is 10.0 Å². The van der Waals surface area contributed by atoms with Crippen molar-refractivity contribution in [3.63, 3.8) is 0 Å². The minimum Gasteiger partial charge on any atom is -0.492 e. The van der Waals surface area contributed by atoms with Crippen LogP contribution in [0.1, 0.15) is 23.6 Å². The second-order valence-corrected chi connectivity index (χ2v) is 6.82. The van der Waals surface area contributed by atoms with E-state index in [1.165, 1.54) is 5.56 Å². The zero-order chi connectivity index (χ0) is 15.0. The van der Waals surface area contributed by atoms with E-state index in [0.717, 1.165) is 27.9 Å². The van der Waals surface area contributed by atoms with Gasteiger partial charge >= 0.3 is 0 Å². The Morgan fingerprint density at radius 1 is 1.24 bits per heavy atom. The summed E-state index contributed by atoms with van der Waals surface area (Å²) >= 11 is 15.9. The lowest BCUT2D eigenvalue weighted by Gasteiger charge is -2.29. The molecule has 2 aromatic carbocycles. The number of hydrogen-bond acceptors (Lipinski definition) is 2. The molecule has 1 aliphatic rings. The summed E-state index contributed by atoms with van der Waals surface area (Å²) in [6, 6.07) is 9.99. The molecule has 0 spiro atoms. The van der Waals surface area contributed by atoms with Crippen LogP contribution in [0.3, 0.4) is 0 Å². The van der Waals surface area contributed by atoms with Gasteiger partial charge in [0.15, 0.2) is 0 Å².